The highest BCUT2D eigenvalue weighted by atomic mass is 32.2. The molecule has 2 rings (SSSR count). The third-order valence-electron chi connectivity index (χ3n) is 2.94. The molecule has 0 aliphatic heterocycles. The van der Waals surface area contributed by atoms with Crippen LogP contribution in [-0.4, -0.2) is 32.0 Å². The molecule has 0 fully saturated rings. The van der Waals surface area contributed by atoms with E-state index in [-0.39, 0.29) is 16.2 Å². The first-order chi connectivity index (χ1) is 11.3. The number of amides is 1. The fourth-order valence-electron chi connectivity index (χ4n) is 1.84. The van der Waals surface area contributed by atoms with Crippen LogP contribution >= 0.6 is 0 Å². The lowest BCUT2D eigenvalue weighted by Crippen LogP contribution is -2.21. The lowest BCUT2D eigenvalue weighted by atomic mass is 10.2. The Bertz CT molecular complexity index is 862. The number of ether oxygens (including phenoxy) is 1. The van der Waals surface area contributed by atoms with Gasteiger partial charge in [0.1, 0.15) is 11.3 Å². The van der Waals surface area contributed by atoms with Crippen LogP contribution in [0.3, 0.4) is 0 Å². The molecule has 2 aromatic rings. The Labute approximate surface area is 137 Å². The molecule has 8 nitrogen and oxygen atoms in total. The van der Waals surface area contributed by atoms with Gasteiger partial charge in [-0.1, -0.05) is 12.1 Å². The summed E-state index contributed by atoms with van der Waals surface area (Å²) in [5.74, 6) is -1.62. The molecule has 9 heteroatoms. The van der Waals surface area contributed by atoms with Gasteiger partial charge in [-0.3, -0.25) is 4.79 Å². The summed E-state index contributed by atoms with van der Waals surface area (Å²) in [6.45, 7) is -0.402. The van der Waals surface area contributed by atoms with Gasteiger partial charge in [-0.15, -0.1) is 0 Å². The number of para-hydroxylation sites is 1. The zero-order valence-corrected chi connectivity index (χ0v) is 13.1. The molecule has 24 heavy (non-hydrogen) atoms. The summed E-state index contributed by atoms with van der Waals surface area (Å²) >= 11 is 0. The summed E-state index contributed by atoms with van der Waals surface area (Å²) in [4.78, 5) is 22.8. The summed E-state index contributed by atoms with van der Waals surface area (Å²) in [6.07, 6.45) is 0. The zero-order valence-electron chi connectivity index (χ0n) is 12.3. The topological polar surface area (TPSA) is 136 Å². The Morgan fingerprint density at radius 2 is 1.71 bits per heavy atom. The number of hydrogen-bond acceptors (Lipinski definition) is 5. The molecular formula is C15H14N2O6S. The minimum Gasteiger partial charge on any atom is -0.483 e. The van der Waals surface area contributed by atoms with E-state index in [4.69, 9.17) is 15.0 Å². The van der Waals surface area contributed by atoms with Crippen molar-refractivity contribution >= 4 is 27.6 Å². The van der Waals surface area contributed by atoms with Gasteiger partial charge < -0.3 is 15.2 Å². The second-order valence-corrected chi connectivity index (χ2v) is 6.27. The summed E-state index contributed by atoms with van der Waals surface area (Å²) in [7, 11) is -3.80. The van der Waals surface area contributed by atoms with Crippen LogP contribution in [0.15, 0.2) is 53.4 Å². The number of aromatic carboxylic acids is 1. The van der Waals surface area contributed by atoms with Crippen LogP contribution in [0.4, 0.5) is 5.69 Å². The number of carbonyl (C=O) groups is 2. The van der Waals surface area contributed by atoms with Crippen molar-refractivity contribution in [1.82, 2.24) is 0 Å². The summed E-state index contributed by atoms with van der Waals surface area (Å²) in [5, 5.41) is 16.5. The molecule has 126 valence electrons. The molecule has 0 unspecified atom stereocenters. The predicted molar refractivity (Wildman–Crippen MR) is 85.3 cm³/mol. The van der Waals surface area contributed by atoms with E-state index >= 15 is 0 Å². The average molecular weight is 350 g/mol. The molecule has 0 radical (unpaired) electrons. The maximum atomic E-state index is 11.8. The van der Waals surface area contributed by atoms with Gasteiger partial charge in [-0.25, -0.2) is 18.4 Å². The fraction of sp³-hybridized carbons (Fsp3) is 0.0667. The number of anilines is 1. The molecule has 4 N–H and O–H groups in total. The lowest BCUT2D eigenvalue weighted by molar-refractivity contribution is -0.118. The maximum absolute atomic E-state index is 11.8. The summed E-state index contributed by atoms with van der Waals surface area (Å²) in [6, 6.07) is 11.2. The molecule has 0 spiro atoms. The SMILES string of the molecule is NS(=O)(=O)c1ccc(NC(=O)COc2ccccc2C(=O)O)cc1. The predicted octanol–water partition coefficient (Wildman–Crippen LogP) is 1.05. The molecular weight excluding hydrogens is 336 g/mol. The van der Waals surface area contributed by atoms with E-state index in [0.29, 0.717) is 5.69 Å². The number of benzene rings is 2. The summed E-state index contributed by atoms with van der Waals surface area (Å²) in [5.41, 5.74) is 0.297. The highest BCUT2D eigenvalue weighted by molar-refractivity contribution is 7.89. The zero-order chi connectivity index (χ0) is 17.7. The molecule has 0 bridgehead atoms. The van der Waals surface area contributed by atoms with Crippen LogP contribution in [0.2, 0.25) is 0 Å². The van der Waals surface area contributed by atoms with Crippen molar-refractivity contribution in [3.8, 4) is 5.75 Å². The molecule has 0 saturated heterocycles. The van der Waals surface area contributed by atoms with E-state index in [1.165, 1.54) is 36.4 Å². The van der Waals surface area contributed by atoms with Gasteiger partial charge in [-0.05, 0) is 36.4 Å². The van der Waals surface area contributed by atoms with Crippen LogP contribution in [0.1, 0.15) is 10.4 Å². The normalized spacial score (nSPS) is 10.9. The Morgan fingerprint density at radius 1 is 1.08 bits per heavy atom. The highest BCUT2D eigenvalue weighted by Gasteiger charge is 2.12. The van der Waals surface area contributed by atoms with Gasteiger partial charge in [0.25, 0.3) is 5.91 Å². The molecule has 2 aromatic carbocycles. The van der Waals surface area contributed by atoms with Crippen molar-refractivity contribution in [1.29, 1.82) is 0 Å². The van der Waals surface area contributed by atoms with E-state index in [1.807, 2.05) is 0 Å². The Morgan fingerprint density at radius 3 is 2.29 bits per heavy atom. The first kappa shape index (κ1) is 17.4. The standard InChI is InChI=1S/C15H14N2O6S/c16-24(21,22)11-7-5-10(6-8-11)17-14(18)9-23-13-4-2-1-3-12(13)15(19)20/h1-8H,9H2,(H,17,18)(H,19,20)(H2,16,21,22). The van der Waals surface area contributed by atoms with E-state index in [1.54, 1.807) is 12.1 Å². The monoisotopic (exact) mass is 350 g/mol. The molecule has 0 aliphatic rings. The fourth-order valence-corrected chi connectivity index (χ4v) is 2.35. The van der Waals surface area contributed by atoms with Gasteiger partial charge in [0, 0.05) is 5.69 Å². The Balaban J connectivity index is 1.98. The highest BCUT2D eigenvalue weighted by Crippen LogP contribution is 2.18. The number of primary sulfonamides is 1. The van der Waals surface area contributed by atoms with Gasteiger partial charge in [0.2, 0.25) is 10.0 Å². The third kappa shape index (κ3) is 4.54. The Hall–Kier alpha value is -2.91. The first-order valence-corrected chi connectivity index (χ1v) is 8.20. The van der Waals surface area contributed by atoms with Crippen molar-refractivity contribution in [3.63, 3.8) is 0 Å². The second-order valence-electron chi connectivity index (χ2n) is 4.71. The summed E-state index contributed by atoms with van der Waals surface area (Å²) < 4.78 is 27.5. The Kier molecular flexibility index (Phi) is 5.17. The van der Waals surface area contributed by atoms with Crippen molar-refractivity contribution in [3.05, 3.63) is 54.1 Å². The van der Waals surface area contributed by atoms with Crippen LogP contribution in [0, 0.1) is 0 Å². The maximum Gasteiger partial charge on any atom is 0.339 e. The van der Waals surface area contributed by atoms with Crippen LogP contribution in [0.25, 0.3) is 0 Å². The van der Waals surface area contributed by atoms with E-state index in [0.717, 1.165) is 0 Å². The number of rotatable bonds is 6. The number of carboxylic acids is 1. The molecule has 0 aromatic heterocycles. The average Bonchev–Trinajstić information content (AvgIpc) is 2.53. The van der Waals surface area contributed by atoms with E-state index in [9.17, 15) is 18.0 Å². The number of sulfonamides is 1. The first-order valence-electron chi connectivity index (χ1n) is 6.65. The van der Waals surface area contributed by atoms with Gasteiger partial charge in [0.15, 0.2) is 6.61 Å². The minimum atomic E-state index is -3.80. The minimum absolute atomic E-state index is 0.0530. The number of nitrogens with one attached hydrogen (secondary N) is 1. The number of hydrogen-bond donors (Lipinski definition) is 3. The molecule has 0 atom stereocenters. The van der Waals surface area contributed by atoms with Crippen molar-refractivity contribution in [2.45, 2.75) is 4.90 Å². The van der Waals surface area contributed by atoms with Crippen molar-refractivity contribution < 1.29 is 27.9 Å². The van der Waals surface area contributed by atoms with E-state index < -0.39 is 28.5 Å². The van der Waals surface area contributed by atoms with Gasteiger partial charge in [-0.2, -0.15) is 0 Å². The van der Waals surface area contributed by atoms with Crippen molar-refractivity contribution in [2.24, 2.45) is 5.14 Å². The third-order valence-corrected chi connectivity index (χ3v) is 3.87. The van der Waals surface area contributed by atoms with Gasteiger partial charge in [0.05, 0.1) is 4.90 Å². The smallest absolute Gasteiger partial charge is 0.339 e. The quantitative estimate of drug-likeness (QED) is 0.712. The van der Waals surface area contributed by atoms with Crippen LogP contribution < -0.4 is 15.2 Å². The van der Waals surface area contributed by atoms with Crippen LogP contribution in [-0.2, 0) is 14.8 Å². The molecule has 0 heterocycles. The second kappa shape index (κ2) is 7.11. The number of nitrogens with two attached hydrogens (primary N) is 1. The lowest BCUT2D eigenvalue weighted by Gasteiger charge is -2.09. The van der Waals surface area contributed by atoms with Gasteiger partial charge >= 0.3 is 5.97 Å². The van der Waals surface area contributed by atoms with Crippen LogP contribution in [0.5, 0.6) is 5.75 Å². The molecule has 0 saturated carbocycles. The van der Waals surface area contributed by atoms with E-state index in [2.05, 4.69) is 5.32 Å². The van der Waals surface area contributed by atoms with Crippen molar-refractivity contribution in [2.75, 3.05) is 11.9 Å². The molecule has 1 amide bonds. The number of carboxylic acid groups (broad SMARTS) is 1. The molecule has 0 aliphatic carbocycles. The number of carbonyl (C=O) groups excluding carboxylic acids is 1. The largest absolute Gasteiger partial charge is 0.483 e.